The third-order valence-corrected chi connectivity index (χ3v) is 5.83. The molecule has 0 bridgehead atoms. The van der Waals surface area contributed by atoms with Gasteiger partial charge in [0.1, 0.15) is 5.92 Å². The fourth-order valence-corrected chi connectivity index (χ4v) is 4.21. The van der Waals surface area contributed by atoms with Gasteiger partial charge in [0, 0.05) is 25.6 Å². The average molecular weight is 416 g/mol. The van der Waals surface area contributed by atoms with Crippen LogP contribution < -0.4 is 5.32 Å². The Hall–Kier alpha value is -2.48. The largest absolute Gasteiger partial charge is 0.454 e. The van der Waals surface area contributed by atoms with E-state index in [1.807, 2.05) is 0 Å². The summed E-state index contributed by atoms with van der Waals surface area (Å²) in [6.07, 6.45) is 12.4. The molecular formula is C21H25N3O4S. The number of fused-ring (bicyclic) bond motifs is 2. The molecule has 2 aliphatic carbocycles. The number of nitrogens with zero attached hydrogens (tertiary/aromatic N) is 2. The van der Waals surface area contributed by atoms with Crippen molar-refractivity contribution in [2.45, 2.75) is 44.9 Å². The second-order valence-corrected chi connectivity index (χ2v) is 7.91. The normalized spacial score (nSPS) is 23.0. The Morgan fingerprint density at radius 1 is 1.31 bits per heavy atom. The molecule has 1 unspecified atom stereocenters. The molecule has 2 heterocycles. The zero-order chi connectivity index (χ0) is 20.2. The third kappa shape index (κ3) is 4.58. The summed E-state index contributed by atoms with van der Waals surface area (Å²) in [5.74, 6) is 0.514. The number of amides is 2. The van der Waals surface area contributed by atoms with Gasteiger partial charge in [-0.25, -0.2) is 4.99 Å². The zero-order valence-corrected chi connectivity index (χ0v) is 17.1. The van der Waals surface area contributed by atoms with Crippen molar-refractivity contribution in [1.82, 2.24) is 10.2 Å². The highest BCUT2D eigenvalue weighted by molar-refractivity contribution is 7.80. The number of thiocarbonyl (C=S) groups is 1. The number of allylic oxidation sites excluding steroid dienone is 2. The maximum absolute atomic E-state index is 12.9. The van der Waals surface area contributed by atoms with Gasteiger partial charge < -0.3 is 14.8 Å². The lowest BCUT2D eigenvalue weighted by Gasteiger charge is -2.30. The summed E-state index contributed by atoms with van der Waals surface area (Å²) >= 11 is 5.30. The molecule has 0 aromatic rings. The Morgan fingerprint density at radius 3 is 3.00 bits per heavy atom. The summed E-state index contributed by atoms with van der Waals surface area (Å²) in [5, 5.41) is 3.20. The first kappa shape index (κ1) is 19.8. The predicted molar refractivity (Wildman–Crippen MR) is 112 cm³/mol. The molecule has 0 radical (unpaired) electrons. The van der Waals surface area contributed by atoms with E-state index in [9.17, 15) is 9.59 Å². The summed E-state index contributed by atoms with van der Waals surface area (Å²) in [4.78, 5) is 30.8. The Bertz CT molecular complexity index is 843. The molecule has 1 atom stereocenters. The van der Waals surface area contributed by atoms with Gasteiger partial charge in [-0.05, 0) is 56.8 Å². The van der Waals surface area contributed by atoms with Crippen LogP contribution in [0, 0.1) is 5.92 Å². The lowest BCUT2D eigenvalue weighted by atomic mass is 9.94. The molecule has 2 aliphatic heterocycles. The molecule has 29 heavy (non-hydrogen) atoms. The Labute approximate surface area is 175 Å². The van der Waals surface area contributed by atoms with Crippen LogP contribution in [0.2, 0.25) is 0 Å². The molecule has 0 spiro atoms. The van der Waals surface area contributed by atoms with E-state index in [0.29, 0.717) is 43.2 Å². The van der Waals surface area contributed by atoms with Crippen LogP contribution >= 0.6 is 12.2 Å². The van der Waals surface area contributed by atoms with Crippen LogP contribution in [0.5, 0.6) is 0 Å². The van der Waals surface area contributed by atoms with Crippen LogP contribution in [-0.4, -0.2) is 47.4 Å². The van der Waals surface area contributed by atoms with Crippen molar-refractivity contribution in [3.63, 3.8) is 0 Å². The number of aliphatic imine (C=N–C) groups is 1. The minimum atomic E-state index is -0.514. The predicted octanol–water partition coefficient (Wildman–Crippen LogP) is 2.74. The van der Waals surface area contributed by atoms with Gasteiger partial charge in [0.25, 0.3) is 0 Å². The Morgan fingerprint density at radius 2 is 2.17 bits per heavy atom. The maximum Gasteiger partial charge on any atom is 0.241 e. The number of nitrogens with one attached hydrogen (secondary N) is 1. The fourth-order valence-electron chi connectivity index (χ4n) is 3.92. The van der Waals surface area contributed by atoms with E-state index in [1.54, 1.807) is 12.2 Å². The van der Waals surface area contributed by atoms with Crippen molar-refractivity contribution < 1.29 is 19.1 Å². The van der Waals surface area contributed by atoms with E-state index in [-0.39, 0.29) is 23.7 Å². The van der Waals surface area contributed by atoms with Gasteiger partial charge >= 0.3 is 0 Å². The van der Waals surface area contributed by atoms with Crippen molar-refractivity contribution in [3.05, 3.63) is 35.3 Å². The highest BCUT2D eigenvalue weighted by Gasteiger charge is 2.38. The Balaban J connectivity index is 1.24. The van der Waals surface area contributed by atoms with Crippen LogP contribution in [0.15, 0.2) is 40.3 Å². The first-order valence-electron chi connectivity index (χ1n) is 10.2. The number of carbonyl (C=O) groups is 2. The first-order chi connectivity index (χ1) is 14.1. The van der Waals surface area contributed by atoms with E-state index < -0.39 is 5.92 Å². The quantitative estimate of drug-likeness (QED) is 0.511. The number of hydrogen-bond donors (Lipinski definition) is 1. The molecular weight excluding hydrogens is 390 g/mol. The molecule has 4 rings (SSSR count). The van der Waals surface area contributed by atoms with Gasteiger partial charge in [-0.3, -0.25) is 14.5 Å². The summed E-state index contributed by atoms with van der Waals surface area (Å²) in [6.45, 7) is 1.19. The molecule has 4 aliphatic rings. The molecule has 8 heteroatoms. The minimum absolute atomic E-state index is 0.00448. The smallest absolute Gasteiger partial charge is 0.241 e. The minimum Gasteiger partial charge on any atom is -0.454 e. The van der Waals surface area contributed by atoms with Crippen molar-refractivity contribution in [2.24, 2.45) is 10.9 Å². The second kappa shape index (κ2) is 8.90. The van der Waals surface area contributed by atoms with Crippen LogP contribution in [0.25, 0.3) is 0 Å². The Kier molecular flexibility index (Phi) is 6.08. The molecule has 2 amide bonds. The van der Waals surface area contributed by atoms with E-state index in [1.165, 1.54) is 23.3 Å². The highest BCUT2D eigenvalue weighted by Crippen LogP contribution is 2.31. The van der Waals surface area contributed by atoms with Crippen molar-refractivity contribution in [1.29, 1.82) is 0 Å². The van der Waals surface area contributed by atoms with Crippen LogP contribution in [0.1, 0.15) is 44.9 Å². The van der Waals surface area contributed by atoms with Crippen molar-refractivity contribution >= 4 is 34.9 Å². The van der Waals surface area contributed by atoms with Gasteiger partial charge in [-0.1, -0.05) is 11.6 Å². The lowest BCUT2D eigenvalue weighted by Crippen LogP contribution is -2.46. The average Bonchev–Trinajstić information content (AvgIpc) is 3.17. The van der Waals surface area contributed by atoms with Gasteiger partial charge in [0.05, 0.1) is 5.71 Å². The van der Waals surface area contributed by atoms with Gasteiger partial charge in [0.15, 0.2) is 11.5 Å². The van der Waals surface area contributed by atoms with Crippen molar-refractivity contribution in [3.8, 4) is 0 Å². The highest BCUT2D eigenvalue weighted by atomic mass is 32.1. The summed E-state index contributed by atoms with van der Waals surface area (Å²) in [5.41, 5.74) is 2.03. The fraction of sp³-hybridized carbons (Fsp3) is 0.524. The van der Waals surface area contributed by atoms with E-state index in [4.69, 9.17) is 21.7 Å². The summed E-state index contributed by atoms with van der Waals surface area (Å²) in [7, 11) is 0. The molecule has 0 aromatic heterocycles. The molecule has 1 fully saturated rings. The molecule has 7 nitrogen and oxygen atoms in total. The molecule has 154 valence electrons. The monoisotopic (exact) mass is 415 g/mol. The zero-order valence-electron chi connectivity index (χ0n) is 16.3. The maximum atomic E-state index is 12.9. The summed E-state index contributed by atoms with van der Waals surface area (Å²) in [6, 6.07) is 0. The third-order valence-electron chi connectivity index (χ3n) is 5.51. The lowest BCUT2D eigenvalue weighted by molar-refractivity contribution is -0.129. The van der Waals surface area contributed by atoms with Crippen LogP contribution in [-0.2, 0) is 19.1 Å². The van der Waals surface area contributed by atoms with E-state index in [2.05, 4.69) is 16.4 Å². The number of carbonyl (C=O) groups excluding carboxylic acids is 2. The standard InChI is InChI=1S/C21H25N3O4S/c25-19(22-9-8-14-5-2-1-3-6-14)7-4-10-24-20(26)15-11-17-18(28-13-27-17)12-16(15)23-21(24)29/h5,11-12,15H,1-4,6-10,13H2,(H,22,25). The van der Waals surface area contributed by atoms with Crippen LogP contribution in [0.3, 0.4) is 0 Å². The first-order valence-corrected chi connectivity index (χ1v) is 10.6. The topological polar surface area (TPSA) is 80.2 Å². The number of ether oxygens (including phenoxy) is 2. The van der Waals surface area contributed by atoms with Gasteiger partial charge in [-0.15, -0.1) is 0 Å². The molecule has 1 N–H and O–H groups in total. The summed E-state index contributed by atoms with van der Waals surface area (Å²) < 4.78 is 10.7. The van der Waals surface area contributed by atoms with Gasteiger partial charge in [0.2, 0.25) is 23.7 Å². The van der Waals surface area contributed by atoms with E-state index in [0.717, 1.165) is 19.3 Å². The SMILES string of the molecule is O=C(CCCN1C(=O)C2C=C3OCOC3=CC2=NC1=S)NCCC1=CCCCC1. The molecule has 1 saturated heterocycles. The second-order valence-electron chi connectivity index (χ2n) is 7.54. The van der Waals surface area contributed by atoms with Crippen LogP contribution in [0.4, 0.5) is 0 Å². The van der Waals surface area contributed by atoms with Crippen molar-refractivity contribution in [2.75, 3.05) is 19.9 Å². The molecule has 0 saturated carbocycles. The number of rotatable bonds is 7. The van der Waals surface area contributed by atoms with E-state index >= 15 is 0 Å². The molecule has 0 aromatic carbocycles. The van der Waals surface area contributed by atoms with Gasteiger partial charge in [-0.2, -0.15) is 0 Å². The number of hydrogen-bond acceptors (Lipinski definition) is 5.